The molecule has 9 nitrogen and oxygen atoms in total. The Bertz CT molecular complexity index is 1230. The number of fused-ring (bicyclic) bond motifs is 2. The number of ether oxygens (including phenoxy) is 1. The van der Waals surface area contributed by atoms with Gasteiger partial charge < -0.3 is 15.8 Å². The number of nitrogen functional groups attached to an aromatic ring is 1. The van der Waals surface area contributed by atoms with Crippen LogP contribution in [0, 0.1) is 0 Å². The number of carbonyl (C=O) groups excluding carboxylic acids is 1. The third kappa shape index (κ3) is 3.26. The molecule has 0 spiro atoms. The fraction of sp³-hybridized carbons (Fsp3) is 0.333. The van der Waals surface area contributed by atoms with E-state index in [0.29, 0.717) is 41.5 Å². The average molecular weight is 407 g/mol. The molecule has 9 heteroatoms. The summed E-state index contributed by atoms with van der Waals surface area (Å²) in [6.45, 7) is 6.93. The maximum absolute atomic E-state index is 13.0. The third-order valence-corrected chi connectivity index (χ3v) is 4.86. The summed E-state index contributed by atoms with van der Waals surface area (Å²) in [4.78, 5) is 21.6. The van der Waals surface area contributed by atoms with Crippen LogP contribution in [0.2, 0.25) is 0 Å². The van der Waals surface area contributed by atoms with Crippen molar-refractivity contribution >= 4 is 33.7 Å². The molecule has 3 aromatic heterocycles. The van der Waals surface area contributed by atoms with Crippen LogP contribution in [-0.4, -0.2) is 50.5 Å². The van der Waals surface area contributed by atoms with Gasteiger partial charge in [0, 0.05) is 19.0 Å². The van der Waals surface area contributed by atoms with Crippen LogP contribution in [0.5, 0.6) is 0 Å². The van der Waals surface area contributed by atoms with Crippen molar-refractivity contribution in [1.29, 1.82) is 0 Å². The van der Waals surface area contributed by atoms with E-state index in [1.54, 1.807) is 7.11 Å². The van der Waals surface area contributed by atoms with Crippen LogP contribution in [0.25, 0.3) is 27.8 Å². The first-order valence-electron chi connectivity index (χ1n) is 9.70. The molecular weight excluding hydrogens is 382 g/mol. The van der Waals surface area contributed by atoms with E-state index in [9.17, 15) is 4.79 Å². The Labute approximate surface area is 173 Å². The molecule has 0 aliphatic rings. The molecule has 3 N–H and O–H groups in total. The maximum Gasteiger partial charge on any atom is 0.268 e. The van der Waals surface area contributed by atoms with Crippen molar-refractivity contribution in [2.45, 2.75) is 26.3 Å². The molecule has 0 saturated heterocycles. The smallest absolute Gasteiger partial charge is 0.268 e. The summed E-state index contributed by atoms with van der Waals surface area (Å²) >= 11 is 0. The Morgan fingerprint density at radius 1 is 1.23 bits per heavy atom. The van der Waals surface area contributed by atoms with Crippen molar-refractivity contribution in [1.82, 2.24) is 29.6 Å². The number of nitrogens with one attached hydrogen (secondary N) is 1. The van der Waals surface area contributed by atoms with Gasteiger partial charge in [-0.05, 0) is 32.9 Å². The van der Waals surface area contributed by atoms with E-state index in [1.807, 2.05) is 60.4 Å². The standard InChI is InChI=1S/C21H25N7O2/c1-21(2,3)28-18-16(17(22)24-12-25-18)19(26-28)27-14-8-6-5-7-13(14)11-15(27)20(29)23-9-10-30-4/h5-8,11-12H,9-10H2,1-4H3,(H,23,29)(H2,22,24,25). The van der Waals surface area contributed by atoms with Crippen molar-refractivity contribution in [3.8, 4) is 5.82 Å². The zero-order valence-electron chi connectivity index (χ0n) is 17.5. The quantitative estimate of drug-likeness (QED) is 0.492. The summed E-state index contributed by atoms with van der Waals surface area (Å²) in [5.74, 6) is 0.613. The van der Waals surface area contributed by atoms with Crippen molar-refractivity contribution in [2.75, 3.05) is 26.0 Å². The molecule has 0 aliphatic heterocycles. The highest BCUT2D eigenvalue weighted by Crippen LogP contribution is 2.32. The zero-order valence-corrected chi connectivity index (χ0v) is 17.5. The average Bonchev–Trinajstić information content (AvgIpc) is 3.27. The first-order chi connectivity index (χ1) is 14.3. The van der Waals surface area contributed by atoms with Gasteiger partial charge in [0.1, 0.15) is 23.2 Å². The number of hydrogen-bond donors (Lipinski definition) is 2. The van der Waals surface area contributed by atoms with Crippen molar-refractivity contribution in [2.24, 2.45) is 0 Å². The summed E-state index contributed by atoms with van der Waals surface area (Å²) in [7, 11) is 1.59. The second-order valence-corrected chi connectivity index (χ2v) is 8.04. The molecule has 156 valence electrons. The van der Waals surface area contributed by atoms with Crippen LogP contribution in [0.3, 0.4) is 0 Å². The summed E-state index contributed by atoms with van der Waals surface area (Å²) < 4.78 is 8.68. The van der Waals surface area contributed by atoms with Gasteiger partial charge in [-0.15, -0.1) is 0 Å². The van der Waals surface area contributed by atoms with Gasteiger partial charge in [0.15, 0.2) is 11.5 Å². The van der Waals surface area contributed by atoms with Crippen molar-refractivity contribution in [3.05, 3.63) is 42.4 Å². The summed E-state index contributed by atoms with van der Waals surface area (Å²) in [5, 5.41) is 9.27. The van der Waals surface area contributed by atoms with E-state index in [4.69, 9.17) is 15.6 Å². The van der Waals surface area contributed by atoms with Crippen LogP contribution >= 0.6 is 0 Å². The first kappa shape index (κ1) is 19.8. The number of rotatable bonds is 5. The van der Waals surface area contributed by atoms with E-state index in [0.717, 1.165) is 10.9 Å². The van der Waals surface area contributed by atoms with Crippen molar-refractivity contribution < 1.29 is 9.53 Å². The lowest BCUT2D eigenvalue weighted by molar-refractivity contribution is 0.0930. The Morgan fingerprint density at radius 2 is 2.00 bits per heavy atom. The van der Waals surface area contributed by atoms with Gasteiger partial charge in [0.05, 0.1) is 17.7 Å². The largest absolute Gasteiger partial charge is 0.383 e. The van der Waals surface area contributed by atoms with Gasteiger partial charge in [-0.1, -0.05) is 18.2 Å². The number of aromatic nitrogens is 5. The van der Waals surface area contributed by atoms with E-state index < -0.39 is 0 Å². The maximum atomic E-state index is 13.0. The molecule has 0 fully saturated rings. The lowest BCUT2D eigenvalue weighted by atomic mass is 10.1. The molecule has 0 unspecified atom stereocenters. The molecule has 0 aliphatic carbocycles. The molecule has 0 bridgehead atoms. The van der Waals surface area contributed by atoms with Crippen LogP contribution in [0.15, 0.2) is 36.7 Å². The van der Waals surface area contributed by atoms with E-state index >= 15 is 0 Å². The van der Waals surface area contributed by atoms with Gasteiger partial charge in [0.25, 0.3) is 5.91 Å². The highest BCUT2D eigenvalue weighted by Gasteiger charge is 2.27. The zero-order chi connectivity index (χ0) is 21.5. The Balaban J connectivity index is 2.01. The number of hydrogen-bond acceptors (Lipinski definition) is 6. The number of para-hydroxylation sites is 1. The van der Waals surface area contributed by atoms with E-state index in [2.05, 4.69) is 15.3 Å². The summed E-state index contributed by atoms with van der Waals surface area (Å²) in [6, 6.07) is 9.61. The number of benzene rings is 1. The normalized spacial score (nSPS) is 12.0. The van der Waals surface area contributed by atoms with Crippen LogP contribution in [-0.2, 0) is 10.3 Å². The Hall–Kier alpha value is -3.46. The molecular formula is C21H25N7O2. The summed E-state index contributed by atoms with van der Waals surface area (Å²) in [5.41, 5.74) is 7.83. The Morgan fingerprint density at radius 3 is 2.73 bits per heavy atom. The minimum atomic E-state index is -0.346. The lowest BCUT2D eigenvalue weighted by Gasteiger charge is -2.19. The number of methoxy groups -OCH3 is 1. The van der Waals surface area contributed by atoms with Crippen LogP contribution in [0.4, 0.5) is 5.82 Å². The second-order valence-electron chi connectivity index (χ2n) is 8.04. The van der Waals surface area contributed by atoms with Gasteiger partial charge in [-0.25, -0.2) is 14.6 Å². The summed E-state index contributed by atoms with van der Waals surface area (Å²) in [6.07, 6.45) is 1.43. The first-order valence-corrected chi connectivity index (χ1v) is 9.70. The number of anilines is 1. The third-order valence-electron chi connectivity index (χ3n) is 4.86. The number of carbonyl (C=O) groups is 1. The predicted molar refractivity (Wildman–Crippen MR) is 116 cm³/mol. The number of amides is 1. The second kappa shape index (κ2) is 7.42. The number of nitrogens with two attached hydrogens (primary N) is 1. The SMILES string of the molecule is COCCNC(=O)c1cc2ccccc2n1-c1nn(C(C)(C)C)c2ncnc(N)c12. The predicted octanol–water partition coefficient (Wildman–Crippen LogP) is 2.48. The molecule has 3 heterocycles. The highest BCUT2D eigenvalue weighted by atomic mass is 16.5. The molecule has 4 aromatic rings. The van der Waals surface area contributed by atoms with E-state index in [-0.39, 0.29) is 11.4 Å². The molecule has 1 aromatic carbocycles. The monoisotopic (exact) mass is 407 g/mol. The lowest BCUT2D eigenvalue weighted by Crippen LogP contribution is -2.29. The van der Waals surface area contributed by atoms with Crippen LogP contribution in [0.1, 0.15) is 31.3 Å². The molecule has 0 radical (unpaired) electrons. The van der Waals surface area contributed by atoms with Gasteiger partial charge in [0.2, 0.25) is 0 Å². The topological polar surface area (TPSA) is 113 Å². The number of nitrogens with zero attached hydrogens (tertiary/aromatic N) is 5. The Kier molecular flexibility index (Phi) is 4.90. The minimum Gasteiger partial charge on any atom is -0.383 e. The molecule has 4 rings (SSSR count). The van der Waals surface area contributed by atoms with Gasteiger partial charge in [-0.2, -0.15) is 5.10 Å². The van der Waals surface area contributed by atoms with Crippen molar-refractivity contribution in [3.63, 3.8) is 0 Å². The van der Waals surface area contributed by atoms with E-state index in [1.165, 1.54) is 6.33 Å². The van der Waals surface area contributed by atoms with Gasteiger partial charge in [-0.3, -0.25) is 9.36 Å². The molecule has 1 amide bonds. The fourth-order valence-electron chi connectivity index (χ4n) is 3.49. The molecule has 0 atom stereocenters. The molecule has 30 heavy (non-hydrogen) atoms. The van der Waals surface area contributed by atoms with Gasteiger partial charge >= 0.3 is 0 Å². The molecule has 0 saturated carbocycles. The fourth-order valence-corrected chi connectivity index (χ4v) is 3.49. The highest BCUT2D eigenvalue weighted by molar-refractivity contribution is 6.02. The minimum absolute atomic E-state index is 0.225. The van der Waals surface area contributed by atoms with Crippen LogP contribution < -0.4 is 11.1 Å².